The second kappa shape index (κ2) is 8.85. The van der Waals surface area contributed by atoms with Crippen LogP contribution in [0.2, 0.25) is 0 Å². The van der Waals surface area contributed by atoms with Crippen LogP contribution in [0.1, 0.15) is 7.43 Å². The van der Waals surface area contributed by atoms with E-state index in [1.807, 2.05) is 0 Å². The maximum atomic E-state index is 7.80. The number of aliphatic hydroxyl groups excluding tert-OH is 1. The zero-order chi connectivity index (χ0) is 3.41. The van der Waals surface area contributed by atoms with Gasteiger partial charge in [-0.15, -0.1) is 0 Å². The first-order chi connectivity index (χ1) is 1.91. The van der Waals surface area contributed by atoms with Crippen LogP contribution in [0.15, 0.2) is 0 Å². The maximum absolute atomic E-state index is 7.80. The zero-order valence-corrected chi connectivity index (χ0v) is 3.20. The fourth-order valence-electron chi connectivity index (χ4n) is 0. The third kappa shape index (κ3) is 13.4. The summed E-state index contributed by atoms with van der Waals surface area (Å²) in [4.78, 5) is 0. The molecule has 0 atom stereocenters. The molecular weight excluding hydrogens is 84.1 g/mol. The molecule has 0 radical (unpaired) electrons. The van der Waals surface area contributed by atoms with E-state index < -0.39 is 0 Å². The number of hydrogen-bond donors (Lipinski definition) is 2. The second-order valence-corrected chi connectivity index (χ2v) is 0.894. The molecule has 1 nitrogen and oxygen atoms in total. The molecule has 0 amide bonds. The molecule has 1 N–H and O–H groups in total. The molecule has 0 saturated carbocycles. The van der Waals surface area contributed by atoms with Crippen LogP contribution < -0.4 is 0 Å². The lowest BCUT2D eigenvalue weighted by Crippen LogP contribution is -1.76. The van der Waals surface area contributed by atoms with Crippen molar-refractivity contribution < 1.29 is 5.11 Å². The summed E-state index contributed by atoms with van der Waals surface area (Å²) in [5, 5.41) is 7.80. The second-order valence-electron chi connectivity index (χ2n) is 0.447. The predicted octanol–water partition coefficient (Wildman–Crippen LogP) is 0.545. The van der Waals surface area contributed by atoms with Crippen LogP contribution in [0.4, 0.5) is 0 Å². The van der Waals surface area contributed by atoms with Gasteiger partial charge < -0.3 is 5.11 Å². The molecule has 0 saturated heterocycles. The summed E-state index contributed by atoms with van der Waals surface area (Å²) >= 11 is 3.67. The molecule has 0 heterocycles. The summed E-state index contributed by atoms with van der Waals surface area (Å²) in [7, 11) is 0. The first-order valence-electron chi connectivity index (χ1n) is 1.13. The Morgan fingerprint density at radius 3 is 1.80 bits per heavy atom. The molecule has 0 unspecified atom stereocenters. The zero-order valence-electron chi connectivity index (χ0n) is 2.31. The van der Waals surface area contributed by atoms with E-state index in [-0.39, 0.29) is 14.0 Å². The Bertz CT molecular complexity index is 8.85. The molecular formula is C3H10OS. The normalized spacial score (nSPS) is 6.00. The van der Waals surface area contributed by atoms with Gasteiger partial charge in [0.15, 0.2) is 0 Å². The Morgan fingerprint density at radius 2 is 1.80 bits per heavy atom. The lowest BCUT2D eigenvalue weighted by atomic mass is 10.9. The van der Waals surface area contributed by atoms with Crippen LogP contribution >= 0.6 is 12.6 Å². The highest BCUT2D eigenvalue weighted by molar-refractivity contribution is 7.80. The summed E-state index contributed by atoms with van der Waals surface area (Å²) in [6.45, 7) is 0.184. The molecule has 0 aliphatic carbocycles. The van der Waals surface area contributed by atoms with Crippen molar-refractivity contribution in [3.8, 4) is 0 Å². The molecule has 0 aromatic rings. The fraction of sp³-hybridized carbons (Fsp3) is 1.00. The van der Waals surface area contributed by atoms with Crippen LogP contribution in [0, 0.1) is 0 Å². The highest BCUT2D eigenvalue weighted by Gasteiger charge is 1.57. The van der Waals surface area contributed by atoms with Gasteiger partial charge in [0.05, 0.1) is 6.61 Å². The van der Waals surface area contributed by atoms with Gasteiger partial charge in [-0.25, -0.2) is 0 Å². The third-order valence-electron chi connectivity index (χ3n) is 0.1000. The van der Waals surface area contributed by atoms with Gasteiger partial charge >= 0.3 is 0 Å². The van der Waals surface area contributed by atoms with Crippen molar-refractivity contribution in [2.24, 2.45) is 0 Å². The average Bonchev–Trinajstić information content (AvgIpc) is 1.37. The summed E-state index contributed by atoms with van der Waals surface area (Å²) < 4.78 is 0. The van der Waals surface area contributed by atoms with Crippen molar-refractivity contribution in [1.29, 1.82) is 0 Å². The number of hydrogen-bond acceptors (Lipinski definition) is 2. The van der Waals surface area contributed by atoms with Crippen molar-refractivity contribution >= 4 is 12.6 Å². The third-order valence-corrected chi connectivity index (χ3v) is 0.300. The van der Waals surface area contributed by atoms with E-state index in [9.17, 15) is 0 Å². The van der Waals surface area contributed by atoms with Gasteiger partial charge in [0.25, 0.3) is 0 Å². The number of thiol groups is 1. The van der Waals surface area contributed by atoms with Crippen molar-refractivity contribution in [2.45, 2.75) is 7.43 Å². The Labute approximate surface area is 38.4 Å². The Kier molecular flexibility index (Phi) is 15.9. The molecule has 5 heavy (non-hydrogen) atoms. The van der Waals surface area contributed by atoms with Crippen molar-refractivity contribution in [3.63, 3.8) is 0 Å². The molecule has 0 fully saturated rings. The van der Waals surface area contributed by atoms with Crippen molar-refractivity contribution in [2.75, 3.05) is 12.4 Å². The summed E-state index contributed by atoms with van der Waals surface area (Å²) in [6, 6.07) is 0. The first-order valence-corrected chi connectivity index (χ1v) is 1.76. The van der Waals surface area contributed by atoms with Crippen LogP contribution in [-0.2, 0) is 0 Å². The Balaban J connectivity index is 0. The van der Waals surface area contributed by atoms with E-state index in [1.54, 1.807) is 0 Å². The molecule has 0 bridgehead atoms. The molecule has 0 rings (SSSR count). The predicted molar refractivity (Wildman–Crippen MR) is 27.7 cm³/mol. The van der Waals surface area contributed by atoms with Gasteiger partial charge in [0.1, 0.15) is 0 Å². The SMILES string of the molecule is C.OCCS. The molecule has 0 spiro atoms. The molecule has 0 aromatic carbocycles. The average molecular weight is 94.2 g/mol. The van der Waals surface area contributed by atoms with Gasteiger partial charge in [-0.05, 0) is 0 Å². The van der Waals surface area contributed by atoms with E-state index >= 15 is 0 Å². The van der Waals surface area contributed by atoms with Crippen molar-refractivity contribution in [3.05, 3.63) is 0 Å². The van der Waals surface area contributed by atoms with Crippen LogP contribution in [0.5, 0.6) is 0 Å². The van der Waals surface area contributed by atoms with Crippen LogP contribution in [0.3, 0.4) is 0 Å². The minimum atomic E-state index is 0. The summed E-state index contributed by atoms with van der Waals surface area (Å²) in [5.41, 5.74) is 0. The maximum Gasteiger partial charge on any atom is 0.0519 e. The summed E-state index contributed by atoms with van der Waals surface area (Å²) in [6.07, 6.45) is 0. The van der Waals surface area contributed by atoms with E-state index in [0.717, 1.165) is 0 Å². The van der Waals surface area contributed by atoms with E-state index in [4.69, 9.17) is 5.11 Å². The summed E-state index contributed by atoms with van der Waals surface area (Å²) in [5.74, 6) is 0.569. The topological polar surface area (TPSA) is 20.2 Å². The monoisotopic (exact) mass is 94.0 g/mol. The molecule has 0 aliphatic heterocycles. The van der Waals surface area contributed by atoms with Crippen molar-refractivity contribution in [1.82, 2.24) is 0 Å². The fourth-order valence-corrected chi connectivity index (χ4v) is 0. The van der Waals surface area contributed by atoms with Crippen LogP contribution in [0.25, 0.3) is 0 Å². The van der Waals surface area contributed by atoms with E-state index in [2.05, 4.69) is 12.6 Å². The lowest BCUT2D eigenvalue weighted by molar-refractivity contribution is 0.323. The van der Waals surface area contributed by atoms with Gasteiger partial charge in [-0.1, -0.05) is 7.43 Å². The Morgan fingerprint density at radius 1 is 1.60 bits per heavy atom. The van der Waals surface area contributed by atoms with Gasteiger partial charge in [0, 0.05) is 5.75 Å². The smallest absolute Gasteiger partial charge is 0.0519 e. The highest BCUT2D eigenvalue weighted by atomic mass is 32.1. The van der Waals surface area contributed by atoms with Gasteiger partial charge in [-0.3, -0.25) is 0 Å². The highest BCUT2D eigenvalue weighted by Crippen LogP contribution is 1.61. The molecule has 2 heteroatoms. The van der Waals surface area contributed by atoms with E-state index in [1.165, 1.54) is 0 Å². The molecule has 0 aromatic heterocycles. The minimum absolute atomic E-state index is 0. The number of aliphatic hydroxyl groups is 1. The number of rotatable bonds is 1. The molecule has 34 valence electrons. The lowest BCUT2D eigenvalue weighted by Gasteiger charge is -1.69. The van der Waals surface area contributed by atoms with Gasteiger partial charge in [-0.2, -0.15) is 12.6 Å². The molecule has 0 aliphatic rings. The van der Waals surface area contributed by atoms with Crippen LogP contribution in [-0.4, -0.2) is 17.5 Å². The van der Waals surface area contributed by atoms with Gasteiger partial charge in [0.2, 0.25) is 0 Å². The standard InChI is InChI=1S/C2H6OS.CH4/c3-1-2-4;/h3-4H,1-2H2;1H4. The Hall–Kier alpha value is 0.310. The first kappa shape index (κ1) is 9.00. The van der Waals surface area contributed by atoms with E-state index in [0.29, 0.717) is 5.75 Å². The largest absolute Gasteiger partial charge is 0.396 e. The quantitative estimate of drug-likeness (QED) is 0.454. The minimum Gasteiger partial charge on any atom is -0.396 e.